The number of anilines is 2. The molecule has 4 N–H and O–H groups in total. The third-order valence-electron chi connectivity index (χ3n) is 3.58. The molecule has 2 aromatic carbocycles. The molecule has 4 amide bonds. The first-order chi connectivity index (χ1) is 14.6. The molecule has 0 aliphatic rings. The third-order valence-corrected chi connectivity index (χ3v) is 3.58. The second-order valence-corrected chi connectivity index (χ2v) is 6.03. The minimum absolute atomic E-state index is 0.149. The lowest BCUT2D eigenvalue weighted by Crippen LogP contribution is -2.45. The molecule has 0 spiro atoms. The van der Waals surface area contributed by atoms with Crippen molar-refractivity contribution in [2.75, 3.05) is 10.6 Å². The van der Waals surface area contributed by atoms with E-state index in [4.69, 9.17) is 0 Å². The third kappa shape index (κ3) is 6.95. The zero-order valence-electron chi connectivity index (χ0n) is 15.3. The van der Waals surface area contributed by atoms with Gasteiger partial charge in [0.2, 0.25) is 0 Å². The number of hydrogen-bond donors (Lipinski definition) is 4. The van der Waals surface area contributed by atoms with Crippen molar-refractivity contribution in [3.8, 4) is 0 Å². The summed E-state index contributed by atoms with van der Waals surface area (Å²) in [4.78, 5) is 23.4. The summed E-state index contributed by atoms with van der Waals surface area (Å²) in [5.41, 5.74) is -2.36. The molecule has 2 rings (SSSR count). The molecule has 0 atom stereocenters. The first kappa shape index (κ1) is 24.6. The Labute approximate surface area is 172 Å². The van der Waals surface area contributed by atoms with Crippen LogP contribution in [0.5, 0.6) is 0 Å². The fourth-order valence-electron chi connectivity index (χ4n) is 2.24. The number of hydrogen-bond acceptors (Lipinski definition) is 2. The smallest absolute Gasteiger partial charge is 0.307 e. The molecule has 2 aromatic rings. The van der Waals surface area contributed by atoms with E-state index in [1.54, 1.807) is 16.2 Å². The van der Waals surface area contributed by atoms with Gasteiger partial charge in [0.1, 0.15) is 0 Å². The predicted octanol–water partition coefficient (Wildman–Crippen LogP) is 5.60. The topological polar surface area (TPSA) is 82.3 Å². The summed E-state index contributed by atoms with van der Waals surface area (Å²) < 4.78 is 115. The second-order valence-electron chi connectivity index (χ2n) is 6.03. The van der Waals surface area contributed by atoms with Crippen LogP contribution < -0.4 is 21.5 Å². The van der Waals surface area contributed by atoms with E-state index in [0.29, 0.717) is 6.07 Å². The van der Waals surface area contributed by atoms with E-state index in [9.17, 15) is 49.1 Å². The van der Waals surface area contributed by atoms with Crippen LogP contribution in [-0.4, -0.2) is 12.1 Å². The van der Waals surface area contributed by atoms with Gasteiger partial charge in [0.05, 0.1) is 16.7 Å². The molecular weight excluding hydrogens is 463 g/mol. The molecule has 0 aliphatic carbocycles. The molecule has 6 nitrogen and oxygen atoms in total. The Balaban J connectivity index is 2.03. The summed E-state index contributed by atoms with van der Waals surface area (Å²) in [7, 11) is 0. The second kappa shape index (κ2) is 8.84. The first-order valence-corrected chi connectivity index (χ1v) is 8.16. The number of rotatable bonds is 2. The number of halogens is 9. The van der Waals surface area contributed by atoms with E-state index in [1.165, 1.54) is 0 Å². The van der Waals surface area contributed by atoms with Crippen molar-refractivity contribution in [3.05, 3.63) is 59.2 Å². The van der Waals surface area contributed by atoms with Gasteiger partial charge in [0.25, 0.3) is 0 Å². The number of carbonyl (C=O) groups excluding carboxylic acids is 2. The molecular formula is C17H11F9N4O2. The Bertz CT molecular complexity index is 968. The van der Waals surface area contributed by atoms with Gasteiger partial charge in [0.15, 0.2) is 0 Å². The molecule has 0 unspecified atom stereocenters. The first-order valence-electron chi connectivity index (χ1n) is 8.16. The summed E-state index contributed by atoms with van der Waals surface area (Å²) in [5, 5.41) is 3.62. The minimum atomic E-state index is -5.14. The van der Waals surface area contributed by atoms with Gasteiger partial charge in [-0.25, -0.2) is 20.4 Å². The lowest BCUT2D eigenvalue weighted by atomic mass is 10.1. The Morgan fingerprint density at radius 3 is 1.41 bits per heavy atom. The monoisotopic (exact) mass is 474 g/mol. The van der Waals surface area contributed by atoms with Crippen LogP contribution in [0, 0.1) is 0 Å². The molecule has 0 aliphatic heterocycles. The Hall–Kier alpha value is -3.65. The van der Waals surface area contributed by atoms with Crippen molar-refractivity contribution in [2.45, 2.75) is 18.5 Å². The maximum Gasteiger partial charge on any atom is 0.416 e. The van der Waals surface area contributed by atoms with E-state index in [0.717, 1.165) is 18.2 Å². The SMILES string of the molecule is O=C(NNC(=O)Nc1cc(C(F)(F)F)cc(C(F)(F)F)c1)Nc1cccc(C(F)(F)F)c1. The maximum absolute atomic E-state index is 12.8. The highest BCUT2D eigenvalue weighted by Gasteiger charge is 2.37. The van der Waals surface area contributed by atoms with Crippen LogP contribution in [0.25, 0.3) is 0 Å². The molecule has 0 saturated heterocycles. The number of amides is 4. The molecule has 32 heavy (non-hydrogen) atoms. The van der Waals surface area contributed by atoms with Gasteiger partial charge in [-0.1, -0.05) is 6.07 Å². The summed E-state index contributed by atoms with van der Waals surface area (Å²) in [5.74, 6) is 0. The van der Waals surface area contributed by atoms with Gasteiger partial charge in [-0.15, -0.1) is 0 Å². The van der Waals surface area contributed by atoms with E-state index in [-0.39, 0.29) is 23.9 Å². The highest BCUT2D eigenvalue weighted by Crippen LogP contribution is 2.37. The minimum Gasteiger partial charge on any atom is -0.307 e. The van der Waals surface area contributed by atoms with Crippen molar-refractivity contribution in [1.29, 1.82) is 0 Å². The number of carbonyl (C=O) groups is 2. The van der Waals surface area contributed by atoms with Crippen molar-refractivity contribution < 1.29 is 49.1 Å². The van der Waals surface area contributed by atoms with Crippen molar-refractivity contribution in [2.24, 2.45) is 0 Å². The Morgan fingerprint density at radius 2 is 0.969 bits per heavy atom. The highest BCUT2D eigenvalue weighted by molar-refractivity contribution is 5.94. The largest absolute Gasteiger partial charge is 0.416 e. The van der Waals surface area contributed by atoms with Crippen LogP contribution in [0.15, 0.2) is 42.5 Å². The zero-order valence-corrected chi connectivity index (χ0v) is 15.3. The van der Waals surface area contributed by atoms with E-state index in [1.807, 2.05) is 5.32 Å². The standard InChI is InChI=1S/C17H11F9N4O2/c18-15(19,20)8-2-1-3-11(5-8)27-13(31)29-30-14(32)28-12-6-9(16(21,22)23)4-10(7-12)17(24,25)26/h1-7H,(H2,27,29,31)(H2,28,30,32). The van der Waals surface area contributed by atoms with Crippen LogP contribution in [-0.2, 0) is 18.5 Å². The van der Waals surface area contributed by atoms with Crippen LogP contribution in [0.4, 0.5) is 60.5 Å². The molecule has 0 radical (unpaired) electrons. The van der Waals surface area contributed by atoms with Gasteiger partial charge in [-0.05, 0) is 36.4 Å². The fraction of sp³-hybridized carbons (Fsp3) is 0.176. The van der Waals surface area contributed by atoms with Crippen LogP contribution in [0.3, 0.4) is 0 Å². The predicted molar refractivity (Wildman–Crippen MR) is 92.2 cm³/mol. The van der Waals surface area contributed by atoms with Gasteiger partial charge in [-0.2, -0.15) is 39.5 Å². The number of nitrogens with one attached hydrogen (secondary N) is 4. The van der Waals surface area contributed by atoms with Crippen molar-refractivity contribution >= 4 is 23.4 Å². The summed E-state index contributed by atoms with van der Waals surface area (Å²) in [6.45, 7) is 0. The van der Waals surface area contributed by atoms with Crippen LogP contribution in [0.1, 0.15) is 16.7 Å². The molecule has 0 saturated carbocycles. The van der Waals surface area contributed by atoms with E-state index in [2.05, 4.69) is 0 Å². The van der Waals surface area contributed by atoms with E-state index >= 15 is 0 Å². The van der Waals surface area contributed by atoms with Gasteiger partial charge in [-0.3, -0.25) is 0 Å². The number of alkyl halides is 9. The van der Waals surface area contributed by atoms with Crippen LogP contribution in [0.2, 0.25) is 0 Å². The van der Waals surface area contributed by atoms with Gasteiger partial charge in [0, 0.05) is 11.4 Å². The number of hydrazine groups is 1. The van der Waals surface area contributed by atoms with Crippen molar-refractivity contribution in [3.63, 3.8) is 0 Å². The summed E-state index contributed by atoms with van der Waals surface area (Å²) in [6, 6.07) is 1.04. The molecule has 174 valence electrons. The zero-order chi connectivity index (χ0) is 24.3. The van der Waals surface area contributed by atoms with Gasteiger partial charge >= 0.3 is 30.6 Å². The normalized spacial score (nSPS) is 12.2. The quantitative estimate of drug-likeness (QED) is 0.338. The highest BCUT2D eigenvalue weighted by atomic mass is 19.4. The van der Waals surface area contributed by atoms with Crippen molar-refractivity contribution in [1.82, 2.24) is 10.9 Å². The summed E-state index contributed by atoms with van der Waals surface area (Å²) in [6.07, 6.45) is -15.0. The lowest BCUT2D eigenvalue weighted by Gasteiger charge is -2.15. The Morgan fingerprint density at radius 1 is 0.562 bits per heavy atom. The average molecular weight is 474 g/mol. The number of urea groups is 2. The van der Waals surface area contributed by atoms with Gasteiger partial charge < -0.3 is 10.6 Å². The molecule has 0 aromatic heterocycles. The molecule has 15 heteroatoms. The maximum atomic E-state index is 12.8. The lowest BCUT2D eigenvalue weighted by molar-refractivity contribution is -0.143. The average Bonchev–Trinajstić information content (AvgIpc) is 2.64. The van der Waals surface area contributed by atoms with E-state index < -0.39 is 53.0 Å². The Kier molecular flexibility index (Phi) is 6.80. The molecule has 0 heterocycles. The van der Waals surface area contributed by atoms with Crippen LogP contribution >= 0.6 is 0 Å². The number of benzene rings is 2. The molecule has 0 fully saturated rings. The fourth-order valence-corrected chi connectivity index (χ4v) is 2.24. The summed E-state index contributed by atoms with van der Waals surface area (Å²) >= 11 is 0. The molecule has 0 bridgehead atoms.